The first-order valence-corrected chi connectivity index (χ1v) is 7.23. The minimum Gasteiger partial charge on any atom is -0.317 e. The first kappa shape index (κ1) is 14.9. The molecular formula is C14H31N3. The Labute approximate surface area is 108 Å². The molecule has 0 aromatic rings. The molecule has 1 N–H and O–H groups in total. The predicted molar refractivity (Wildman–Crippen MR) is 75.5 cm³/mol. The van der Waals surface area contributed by atoms with E-state index in [0.29, 0.717) is 0 Å². The van der Waals surface area contributed by atoms with E-state index in [9.17, 15) is 0 Å². The zero-order chi connectivity index (χ0) is 12.7. The molecule has 1 rings (SSSR count). The van der Waals surface area contributed by atoms with Gasteiger partial charge in [-0.05, 0) is 59.8 Å². The summed E-state index contributed by atoms with van der Waals surface area (Å²) in [7, 11) is 6.44. The molecule has 102 valence electrons. The Bertz CT molecular complexity index is 186. The van der Waals surface area contributed by atoms with E-state index in [2.05, 4.69) is 43.2 Å². The summed E-state index contributed by atoms with van der Waals surface area (Å²) in [5, 5.41) is 3.42. The second-order valence-electron chi connectivity index (χ2n) is 5.63. The van der Waals surface area contributed by atoms with Crippen LogP contribution in [0, 0.1) is 0 Å². The lowest BCUT2D eigenvalue weighted by Gasteiger charge is -2.37. The van der Waals surface area contributed by atoms with Crippen LogP contribution in [0.2, 0.25) is 0 Å². The number of rotatable bonds is 7. The highest BCUT2D eigenvalue weighted by atomic mass is 15.2. The second-order valence-corrected chi connectivity index (χ2v) is 5.63. The third-order valence-corrected chi connectivity index (χ3v) is 3.97. The Balaban J connectivity index is 2.36. The molecule has 0 aliphatic heterocycles. The van der Waals surface area contributed by atoms with Crippen molar-refractivity contribution in [1.82, 2.24) is 15.1 Å². The fraction of sp³-hybridized carbons (Fsp3) is 1.00. The Morgan fingerprint density at radius 2 is 1.65 bits per heavy atom. The highest BCUT2D eigenvalue weighted by molar-refractivity contribution is 4.82. The van der Waals surface area contributed by atoms with Crippen molar-refractivity contribution < 1.29 is 0 Å². The van der Waals surface area contributed by atoms with Gasteiger partial charge in [0.25, 0.3) is 0 Å². The van der Waals surface area contributed by atoms with E-state index in [0.717, 1.165) is 12.1 Å². The molecule has 1 aliphatic rings. The van der Waals surface area contributed by atoms with Gasteiger partial charge >= 0.3 is 0 Å². The van der Waals surface area contributed by atoms with Crippen LogP contribution in [0.5, 0.6) is 0 Å². The molecule has 0 saturated heterocycles. The van der Waals surface area contributed by atoms with E-state index in [-0.39, 0.29) is 0 Å². The molecule has 0 bridgehead atoms. The van der Waals surface area contributed by atoms with Crippen LogP contribution in [-0.4, -0.2) is 62.7 Å². The van der Waals surface area contributed by atoms with Crippen LogP contribution in [0.25, 0.3) is 0 Å². The van der Waals surface area contributed by atoms with E-state index < -0.39 is 0 Å². The van der Waals surface area contributed by atoms with E-state index in [1.807, 2.05) is 0 Å². The normalized spacial score (nSPS) is 25.8. The molecule has 0 heterocycles. The molecule has 17 heavy (non-hydrogen) atoms. The van der Waals surface area contributed by atoms with Crippen molar-refractivity contribution in [2.75, 3.05) is 40.8 Å². The van der Waals surface area contributed by atoms with Crippen LogP contribution in [0.1, 0.15) is 39.0 Å². The molecule has 1 aliphatic carbocycles. The van der Waals surface area contributed by atoms with Gasteiger partial charge in [-0.1, -0.05) is 6.92 Å². The maximum Gasteiger partial charge on any atom is 0.0112 e. The molecule has 0 spiro atoms. The summed E-state index contributed by atoms with van der Waals surface area (Å²) in [6.45, 7) is 5.98. The van der Waals surface area contributed by atoms with Gasteiger partial charge in [-0.25, -0.2) is 0 Å². The van der Waals surface area contributed by atoms with Gasteiger partial charge in [-0.2, -0.15) is 0 Å². The first-order chi connectivity index (χ1) is 8.17. The molecule has 3 heteroatoms. The van der Waals surface area contributed by atoms with Crippen molar-refractivity contribution in [3.8, 4) is 0 Å². The summed E-state index contributed by atoms with van der Waals surface area (Å²) in [6.07, 6.45) is 6.73. The zero-order valence-corrected chi connectivity index (χ0v) is 12.2. The molecule has 1 saturated carbocycles. The Morgan fingerprint density at radius 3 is 2.12 bits per heavy atom. The molecule has 0 aromatic carbocycles. The molecule has 0 unspecified atom stereocenters. The summed E-state index contributed by atoms with van der Waals surface area (Å²) < 4.78 is 0. The van der Waals surface area contributed by atoms with Crippen LogP contribution in [0.4, 0.5) is 0 Å². The fourth-order valence-corrected chi connectivity index (χ4v) is 2.82. The largest absolute Gasteiger partial charge is 0.317 e. The summed E-state index contributed by atoms with van der Waals surface area (Å²) in [5.41, 5.74) is 0. The van der Waals surface area contributed by atoms with Gasteiger partial charge in [0.1, 0.15) is 0 Å². The average molecular weight is 241 g/mol. The summed E-state index contributed by atoms with van der Waals surface area (Å²) in [4.78, 5) is 5.01. The number of hydrogen-bond donors (Lipinski definition) is 1. The van der Waals surface area contributed by atoms with Crippen molar-refractivity contribution in [3.63, 3.8) is 0 Å². The second kappa shape index (κ2) is 8.06. The molecular weight excluding hydrogens is 210 g/mol. The third kappa shape index (κ3) is 5.36. The van der Waals surface area contributed by atoms with Crippen LogP contribution < -0.4 is 5.32 Å². The van der Waals surface area contributed by atoms with Crippen LogP contribution in [0.3, 0.4) is 0 Å². The van der Waals surface area contributed by atoms with Crippen molar-refractivity contribution in [3.05, 3.63) is 0 Å². The minimum absolute atomic E-state index is 0.767. The molecule has 0 atom stereocenters. The molecule has 3 nitrogen and oxygen atoms in total. The summed E-state index contributed by atoms with van der Waals surface area (Å²) in [5.74, 6) is 0. The lowest BCUT2D eigenvalue weighted by molar-refractivity contribution is 0.134. The van der Waals surface area contributed by atoms with Crippen molar-refractivity contribution in [2.24, 2.45) is 0 Å². The molecule has 0 radical (unpaired) electrons. The standard InChI is InChI=1S/C14H31N3/c1-5-10-17(12-11-16(3)4)14-8-6-13(15-2)7-9-14/h13-15H,5-12H2,1-4H3. The van der Waals surface area contributed by atoms with E-state index in [1.54, 1.807) is 0 Å². The molecule has 0 amide bonds. The Hall–Kier alpha value is -0.120. The van der Waals surface area contributed by atoms with E-state index >= 15 is 0 Å². The average Bonchev–Trinajstić information content (AvgIpc) is 2.34. The van der Waals surface area contributed by atoms with Gasteiger partial charge < -0.3 is 10.2 Å². The van der Waals surface area contributed by atoms with Gasteiger partial charge in [0.15, 0.2) is 0 Å². The van der Waals surface area contributed by atoms with Gasteiger partial charge in [-0.15, -0.1) is 0 Å². The maximum absolute atomic E-state index is 3.42. The zero-order valence-electron chi connectivity index (χ0n) is 12.2. The lowest BCUT2D eigenvalue weighted by Crippen LogP contribution is -2.44. The number of nitrogens with one attached hydrogen (secondary N) is 1. The van der Waals surface area contributed by atoms with Gasteiger partial charge in [0.05, 0.1) is 0 Å². The monoisotopic (exact) mass is 241 g/mol. The topological polar surface area (TPSA) is 18.5 Å². The van der Waals surface area contributed by atoms with Gasteiger partial charge in [0, 0.05) is 25.2 Å². The summed E-state index contributed by atoms with van der Waals surface area (Å²) in [6, 6.07) is 1.60. The third-order valence-electron chi connectivity index (χ3n) is 3.97. The SMILES string of the molecule is CCCN(CCN(C)C)C1CCC(NC)CC1. The van der Waals surface area contributed by atoms with E-state index in [1.165, 1.54) is 51.7 Å². The molecule has 1 fully saturated rings. The Kier molecular flexibility index (Phi) is 7.09. The molecule has 0 aromatic heterocycles. The Morgan fingerprint density at radius 1 is 1.00 bits per heavy atom. The van der Waals surface area contributed by atoms with Crippen molar-refractivity contribution >= 4 is 0 Å². The lowest BCUT2D eigenvalue weighted by atomic mass is 9.90. The van der Waals surface area contributed by atoms with Crippen LogP contribution in [-0.2, 0) is 0 Å². The summed E-state index contributed by atoms with van der Waals surface area (Å²) >= 11 is 0. The number of hydrogen-bond acceptors (Lipinski definition) is 3. The first-order valence-electron chi connectivity index (χ1n) is 7.23. The maximum atomic E-state index is 3.42. The number of nitrogens with zero attached hydrogens (tertiary/aromatic N) is 2. The van der Waals surface area contributed by atoms with Gasteiger partial charge in [0.2, 0.25) is 0 Å². The van der Waals surface area contributed by atoms with E-state index in [4.69, 9.17) is 0 Å². The fourth-order valence-electron chi connectivity index (χ4n) is 2.82. The number of likely N-dealkylation sites (N-methyl/N-ethyl adjacent to an activating group) is 1. The quantitative estimate of drug-likeness (QED) is 0.733. The van der Waals surface area contributed by atoms with Crippen LogP contribution in [0.15, 0.2) is 0 Å². The van der Waals surface area contributed by atoms with Crippen LogP contribution >= 0.6 is 0 Å². The smallest absolute Gasteiger partial charge is 0.0112 e. The van der Waals surface area contributed by atoms with Crippen molar-refractivity contribution in [2.45, 2.75) is 51.1 Å². The highest BCUT2D eigenvalue weighted by Gasteiger charge is 2.24. The van der Waals surface area contributed by atoms with Crippen molar-refractivity contribution in [1.29, 1.82) is 0 Å². The predicted octanol–water partition coefficient (Wildman–Crippen LogP) is 1.79. The van der Waals surface area contributed by atoms with Gasteiger partial charge in [-0.3, -0.25) is 4.90 Å². The highest BCUT2D eigenvalue weighted by Crippen LogP contribution is 2.23. The minimum atomic E-state index is 0.767.